The third kappa shape index (κ3) is 3.08. The van der Waals surface area contributed by atoms with Gasteiger partial charge in [0.2, 0.25) is 0 Å². The molecule has 0 bridgehead atoms. The van der Waals surface area contributed by atoms with Crippen LogP contribution in [0.3, 0.4) is 0 Å². The zero-order valence-corrected chi connectivity index (χ0v) is 6.64. The second-order valence-corrected chi connectivity index (χ2v) is 2.31. The number of rotatable bonds is 4. The summed E-state index contributed by atoms with van der Waals surface area (Å²) in [4.78, 5) is 2.53. The molecule has 5 nitrogen and oxygen atoms in total. The Kier molecular flexibility index (Phi) is 3.22. The van der Waals surface area contributed by atoms with Gasteiger partial charge in [-0.1, -0.05) is 5.11 Å². The number of alkyl halides is 2. The van der Waals surface area contributed by atoms with Crippen molar-refractivity contribution >= 4 is 0 Å². The molecule has 0 unspecified atom stereocenters. The topological polar surface area (TPSA) is 66.6 Å². The van der Waals surface area contributed by atoms with Crippen molar-refractivity contribution in [2.75, 3.05) is 0 Å². The summed E-state index contributed by atoms with van der Waals surface area (Å²) < 4.78 is 24.8. The smallest absolute Gasteiger partial charge is 0.257 e. The van der Waals surface area contributed by atoms with Gasteiger partial charge in [-0.3, -0.25) is 4.68 Å². The van der Waals surface area contributed by atoms with E-state index in [1.54, 1.807) is 0 Å². The van der Waals surface area contributed by atoms with E-state index in [1.165, 1.54) is 12.3 Å². The van der Waals surface area contributed by atoms with Crippen molar-refractivity contribution in [3.63, 3.8) is 0 Å². The monoisotopic (exact) mass is 187 g/mol. The molecule has 0 saturated heterocycles. The van der Waals surface area contributed by atoms with Crippen LogP contribution in [-0.4, -0.2) is 16.2 Å². The summed E-state index contributed by atoms with van der Waals surface area (Å²) in [5.74, 6) is 0. The number of hydrogen-bond acceptors (Lipinski definition) is 2. The Hall–Kier alpha value is -1.62. The SMILES string of the molecule is [N-]=[N+]=NCc1ccn(CC(F)F)n1. The molecule has 1 rings (SSSR count). The molecule has 0 atom stereocenters. The average molecular weight is 187 g/mol. The average Bonchev–Trinajstić information content (AvgIpc) is 2.48. The fraction of sp³-hybridized carbons (Fsp3) is 0.500. The van der Waals surface area contributed by atoms with E-state index in [-0.39, 0.29) is 6.54 Å². The van der Waals surface area contributed by atoms with Gasteiger partial charge in [0.15, 0.2) is 0 Å². The Morgan fingerprint density at radius 2 is 2.46 bits per heavy atom. The Balaban J connectivity index is 2.58. The number of halogens is 2. The van der Waals surface area contributed by atoms with Crippen LogP contribution in [0.4, 0.5) is 8.78 Å². The van der Waals surface area contributed by atoms with Crippen molar-refractivity contribution in [3.8, 4) is 0 Å². The van der Waals surface area contributed by atoms with E-state index in [0.717, 1.165) is 4.68 Å². The van der Waals surface area contributed by atoms with Crippen LogP contribution >= 0.6 is 0 Å². The van der Waals surface area contributed by atoms with Gasteiger partial charge in [-0.25, -0.2) is 8.78 Å². The lowest BCUT2D eigenvalue weighted by Crippen LogP contribution is -2.07. The highest BCUT2D eigenvalue weighted by molar-refractivity contribution is 4.98. The molecule has 1 heterocycles. The molecule has 0 fully saturated rings. The van der Waals surface area contributed by atoms with Crippen LogP contribution in [0.15, 0.2) is 17.4 Å². The van der Waals surface area contributed by atoms with Gasteiger partial charge in [-0.15, -0.1) is 0 Å². The van der Waals surface area contributed by atoms with Gasteiger partial charge in [0.1, 0.15) is 6.54 Å². The van der Waals surface area contributed by atoms with Crippen LogP contribution in [0.25, 0.3) is 10.4 Å². The quantitative estimate of drug-likeness (QED) is 0.403. The van der Waals surface area contributed by atoms with Gasteiger partial charge in [-0.05, 0) is 11.6 Å². The first-order chi connectivity index (χ1) is 6.22. The van der Waals surface area contributed by atoms with Gasteiger partial charge in [0.05, 0.1) is 12.2 Å². The van der Waals surface area contributed by atoms with Crippen LogP contribution in [0.2, 0.25) is 0 Å². The summed E-state index contributed by atoms with van der Waals surface area (Å²) in [5.41, 5.74) is 8.47. The second kappa shape index (κ2) is 4.42. The van der Waals surface area contributed by atoms with E-state index >= 15 is 0 Å². The molecule has 70 valence electrons. The molecule has 0 aliphatic rings. The van der Waals surface area contributed by atoms with E-state index in [0.29, 0.717) is 5.69 Å². The number of aromatic nitrogens is 2. The molecule has 0 radical (unpaired) electrons. The normalized spacial score (nSPS) is 10.1. The van der Waals surface area contributed by atoms with Crippen LogP contribution in [-0.2, 0) is 13.1 Å². The maximum atomic E-state index is 11.8. The fourth-order valence-corrected chi connectivity index (χ4v) is 0.835. The lowest BCUT2D eigenvalue weighted by Gasteiger charge is -1.97. The van der Waals surface area contributed by atoms with Crippen molar-refractivity contribution in [1.82, 2.24) is 9.78 Å². The first kappa shape index (κ1) is 9.47. The minimum Gasteiger partial charge on any atom is -0.267 e. The van der Waals surface area contributed by atoms with Crippen molar-refractivity contribution < 1.29 is 8.78 Å². The van der Waals surface area contributed by atoms with Gasteiger partial charge >= 0.3 is 0 Å². The molecule has 13 heavy (non-hydrogen) atoms. The Morgan fingerprint density at radius 1 is 1.69 bits per heavy atom. The molecule has 0 aromatic carbocycles. The fourth-order valence-electron chi connectivity index (χ4n) is 0.835. The van der Waals surface area contributed by atoms with Crippen molar-refractivity contribution in [3.05, 3.63) is 28.4 Å². The van der Waals surface area contributed by atoms with Crippen LogP contribution in [0.1, 0.15) is 5.69 Å². The molecule has 0 saturated carbocycles. The van der Waals surface area contributed by atoms with Crippen LogP contribution in [0.5, 0.6) is 0 Å². The van der Waals surface area contributed by atoms with E-state index in [9.17, 15) is 8.78 Å². The number of azide groups is 1. The Morgan fingerprint density at radius 3 is 3.08 bits per heavy atom. The van der Waals surface area contributed by atoms with E-state index in [4.69, 9.17) is 5.53 Å². The van der Waals surface area contributed by atoms with Crippen molar-refractivity contribution in [2.24, 2.45) is 5.11 Å². The zero-order chi connectivity index (χ0) is 9.68. The summed E-state index contributed by atoms with van der Waals surface area (Å²) in [6, 6.07) is 1.54. The third-order valence-corrected chi connectivity index (χ3v) is 1.32. The molecule has 0 aliphatic heterocycles. The van der Waals surface area contributed by atoms with Crippen molar-refractivity contribution in [1.29, 1.82) is 0 Å². The third-order valence-electron chi connectivity index (χ3n) is 1.32. The summed E-state index contributed by atoms with van der Waals surface area (Å²) in [6.45, 7) is -0.344. The first-order valence-corrected chi connectivity index (χ1v) is 3.53. The lowest BCUT2D eigenvalue weighted by atomic mass is 10.4. The first-order valence-electron chi connectivity index (χ1n) is 3.53. The summed E-state index contributed by atoms with van der Waals surface area (Å²) in [6.07, 6.45) is -0.999. The zero-order valence-electron chi connectivity index (χ0n) is 6.64. The summed E-state index contributed by atoms with van der Waals surface area (Å²) >= 11 is 0. The summed E-state index contributed by atoms with van der Waals surface area (Å²) in [7, 11) is 0. The van der Waals surface area contributed by atoms with Crippen molar-refractivity contribution in [2.45, 2.75) is 19.5 Å². The Labute approximate surface area is 72.6 Å². The van der Waals surface area contributed by atoms with E-state index in [2.05, 4.69) is 15.1 Å². The molecule has 0 amide bonds. The van der Waals surface area contributed by atoms with Gasteiger partial charge in [0.25, 0.3) is 6.43 Å². The standard InChI is InChI=1S/C6H7F2N5/c7-6(8)4-13-2-1-5(11-13)3-10-12-9/h1-2,6H,3-4H2. The second-order valence-electron chi connectivity index (χ2n) is 2.31. The predicted molar refractivity (Wildman–Crippen MR) is 41.1 cm³/mol. The lowest BCUT2D eigenvalue weighted by molar-refractivity contribution is 0.121. The molecule has 1 aromatic heterocycles. The molecule has 0 aliphatic carbocycles. The minimum absolute atomic E-state index is 0.0900. The maximum Gasteiger partial charge on any atom is 0.257 e. The molecular weight excluding hydrogens is 180 g/mol. The van der Waals surface area contributed by atoms with Crippen LogP contribution < -0.4 is 0 Å². The molecule has 7 heteroatoms. The predicted octanol–water partition coefficient (Wildman–Crippen LogP) is 1.96. The van der Waals surface area contributed by atoms with Gasteiger partial charge < -0.3 is 0 Å². The highest BCUT2D eigenvalue weighted by atomic mass is 19.3. The Bertz CT molecular complexity index is 315. The van der Waals surface area contributed by atoms with Gasteiger partial charge in [0, 0.05) is 11.1 Å². The van der Waals surface area contributed by atoms with Crippen LogP contribution in [0, 0.1) is 0 Å². The molecular formula is C6H7F2N5. The largest absolute Gasteiger partial charge is 0.267 e. The summed E-state index contributed by atoms with van der Waals surface area (Å²) in [5, 5.41) is 7.01. The van der Waals surface area contributed by atoms with E-state index in [1.807, 2.05) is 0 Å². The molecule has 1 aromatic rings. The number of nitrogens with zero attached hydrogens (tertiary/aromatic N) is 5. The number of hydrogen-bond donors (Lipinski definition) is 0. The molecule has 0 spiro atoms. The minimum atomic E-state index is -2.42. The van der Waals surface area contributed by atoms with E-state index < -0.39 is 13.0 Å². The highest BCUT2D eigenvalue weighted by Gasteiger charge is 2.04. The van der Waals surface area contributed by atoms with Gasteiger partial charge in [-0.2, -0.15) is 5.10 Å². The highest BCUT2D eigenvalue weighted by Crippen LogP contribution is 2.01. The maximum absolute atomic E-state index is 11.8. The molecule has 0 N–H and O–H groups in total.